The minimum atomic E-state index is 0.0207. The molecule has 0 amide bonds. The van der Waals surface area contributed by atoms with E-state index in [0.29, 0.717) is 16.7 Å². The van der Waals surface area contributed by atoms with Gasteiger partial charge in [0.05, 0.1) is 40.9 Å². The second-order valence-corrected chi connectivity index (χ2v) is 9.03. The van der Waals surface area contributed by atoms with E-state index in [1.54, 1.807) is 6.07 Å². The SMILES string of the molecule is CCc1nc(-c2ccc(Cl)cc2Cl)c(CC)nc1N[C@@H]1c2ccccc2C[C@@H]1OCCNC. The highest BCUT2D eigenvalue weighted by atomic mass is 35.5. The molecule has 0 spiro atoms. The Bertz CT molecular complexity index is 1120. The summed E-state index contributed by atoms with van der Waals surface area (Å²) < 4.78 is 6.26. The third-order valence-electron chi connectivity index (χ3n) is 6.06. The van der Waals surface area contributed by atoms with Gasteiger partial charge in [0.15, 0.2) is 0 Å². The lowest BCUT2D eigenvalue weighted by Crippen LogP contribution is -2.28. The Hall–Kier alpha value is -2.18. The van der Waals surface area contributed by atoms with Crippen LogP contribution in [0.25, 0.3) is 11.3 Å². The van der Waals surface area contributed by atoms with E-state index < -0.39 is 0 Å². The Kier molecular flexibility index (Phi) is 7.86. The molecule has 0 aliphatic heterocycles. The molecule has 0 fully saturated rings. The van der Waals surface area contributed by atoms with Gasteiger partial charge in [0.25, 0.3) is 0 Å². The number of anilines is 1. The van der Waals surface area contributed by atoms with E-state index in [0.717, 1.165) is 54.3 Å². The van der Waals surface area contributed by atoms with Gasteiger partial charge in [-0.05, 0) is 49.2 Å². The van der Waals surface area contributed by atoms with Gasteiger partial charge in [0.2, 0.25) is 0 Å². The molecule has 0 bridgehead atoms. The molecule has 1 aliphatic carbocycles. The number of aromatic nitrogens is 2. The third kappa shape index (κ3) is 5.17. The minimum Gasteiger partial charge on any atom is -0.374 e. The van der Waals surface area contributed by atoms with Crippen LogP contribution in [-0.4, -0.2) is 36.3 Å². The number of halogens is 2. The summed E-state index contributed by atoms with van der Waals surface area (Å²) >= 11 is 12.6. The summed E-state index contributed by atoms with van der Waals surface area (Å²) in [7, 11) is 1.94. The lowest BCUT2D eigenvalue weighted by atomic mass is 10.1. The first-order valence-corrected chi connectivity index (χ1v) is 12.3. The van der Waals surface area contributed by atoms with E-state index in [1.807, 2.05) is 19.2 Å². The maximum absolute atomic E-state index is 6.51. The van der Waals surface area contributed by atoms with E-state index in [4.69, 9.17) is 37.9 Å². The van der Waals surface area contributed by atoms with Crippen molar-refractivity contribution < 1.29 is 4.74 Å². The van der Waals surface area contributed by atoms with Crippen molar-refractivity contribution in [2.45, 2.75) is 45.3 Å². The van der Waals surface area contributed by atoms with Crippen LogP contribution in [0.1, 0.15) is 42.4 Å². The topological polar surface area (TPSA) is 59.1 Å². The largest absolute Gasteiger partial charge is 0.374 e. The van der Waals surface area contributed by atoms with E-state index in [-0.39, 0.29) is 12.1 Å². The van der Waals surface area contributed by atoms with E-state index in [9.17, 15) is 0 Å². The lowest BCUT2D eigenvalue weighted by Gasteiger charge is -2.25. The molecule has 174 valence electrons. The Morgan fingerprint density at radius 3 is 2.55 bits per heavy atom. The first kappa shape index (κ1) is 24.0. The second-order valence-electron chi connectivity index (χ2n) is 8.18. The predicted octanol–water partition coefficient (Wildman–Crippen LogP) is 5.89. The van der Waals surface area contributed by atoms with E-state index in [2.05, 4.69) is 48.7 Å². The standard InChI is InChI=1S/C26H30Cl2N4O/c1-4-21-24(19-11-10-17(27)15-20(19)28)30-22(5-2)26(31-21)32-25-18-9-7-6-8-16(18)14-23(25)33-13-12-29-3/h6-11,15,23,25,29H,4-5,12-14H2,1-3H3,(H,31,32)/t23-,25+/m0/s1. The van der Waals surface area contributed by atoms with Crippen molar-refractivity contribution in [3.05, 3.63) is 75.0 Å². The fraction of sp³-hybridized carbons (Fsp3) is 0.385. The zero-order valence-electron chi connectivity index (χ0n) is 19.3. The van der Waals surface area contributed by atoms with Crippen LogP contribution in [0, 0.1) is 0 Å². The van der Waals surface area contributed by atoms with Crippen LogP contribution < -0.4 is 10.6 Å². The van der Waals surface area contributed by atoms with Gasteiger partial charge in [-0.15, -0.1) is 0 Å². The van der Waals surface area contributed by atoms with Crippen LogP contribution in [0.2, 0.25) is 10.0 Å². The van der Waals surface area contributed by atoms with Gasteiger partial charge < -0.3 is 15.4 Å². The normalized spacial score (nSPS) is 17.2. The molecular weight excluding hydrogens is 455 g/mol. The van der Waals surface area contributed by atoms with Crippen LogP contribution >= 0.6 is 23.2 Å². The molecule has 0 unspecified atom stereocenters. The molecule has 4 rings (SSSR count). The lowest BCUT2D eigenvalue weighted by molar-refractivity contribution is 0.0505. The highest BCUT2D eigenvalue weighted by Crippen LogP contribution is 2.37. The maximum Gasteiger partial charge on any atom is 0.148 e. The van der Waals surface area contributed by atoms with Crippen molar-refractivity contribution in [1.82, 2.24) is 15.3 Å². The third-order valence-corrected chi connectivity index (χ3v) is 6.60. The molecule has 2 aromatic carbocycles. The summed E-state index contributed by atoms with van der Waals surface area (Å²) in [5, 5.41) is 8.04. The Labute approximate surface area is 205 Å². The van der Waals surface area contributed by atoms with Crippen molar-refractivity contribution in [2.75, 3.05) is 25.5 Å². The average molecular weight is 485 g/mol. The van der Waals surface area contributed by atoms with Gasteiger partial charge in [0.1, 0.15) is 5.82 Å². The molecule has 33 heavy (non-hydrogen) atoms. The van der Waals surface area contributed by atoms with Crippen LogP contribution in [0.15, 0.2) is 42.5 Å². The zero-order chi connectivity index (χ0) is 23.4. The maximum atomic E-state index is 6.51. The Balaban J connectivity index is 1.70. The monoisotopic (exact) mass is 484 g/mol. The van der Waals surface area contributed by atoms with Crippen molar-refractivity contribution in [3.8, 4) is 11.3 Å². The second kappa shape index (κ2) is 10.8. The molecule has 7 heteroatoms. The molecule has 5 nitrogen and oxygen atoms in total. The fourth-order valence-corrected chi connectivity index (χ4v) is 4.85. The number of benzene rings is 2. The molecule has 1 aliphatic rings. The highest BCUT2D eigenvalue weighted by molar-refractivity contribution is 6.36. The number of ether oxygens (including phenoxy) is 1. The molecule has 0 saturated heterocycles. The van der Waals surface area contributed by atoms with E-state index >= 15 is 0 Å². The number of fused-ring (bicyclic) bond motifs is 1. The first-order valence-electron chi connectivity index (χ1n) is 11.5. The summed E-state index contributed by atoms with van der Waals surface area (Å²) in [5.74, 6) is 0.812. The van der Waals surface area contributed by atoms with Crippen LogP contribution in [0.3, 0.4) is 0 Å². The predicted molar refractivity (Wildman–Crippen MR) is 136 cm³/mol. The summed E-state index contributed by atoms with van der Waals surface area (Å²) in [4.78, 5) is 10.1. The first-order chi connectivity index (χ1) is 16.0. The highest BCUT2D eigenvalue weighted by Gasteiger charge is 2.34. The van der Waals surface area contributed by atoms with Gasteiger partial charge in [-0.3, -0.25) is 0 Å². The van der Waals surface area contributed by atoms with Gasteiger partial charge in [-0.2, -0.15) is 0 Å². The number of nitrogens with one attached hydrogen (secondary N) is 2. The molecule has 3 aromatic rings. The molecule has 2 atom stereocenters. The van der Waals surface area contributed by atoms with Gasteiger partial charge in [0, 0.05) is 23.6 Å². The molecule has 1 aromatic heterocycles. The van der Waals surface area contributed by atoms with Gasteiger partial charge in [-0.25, -0.2) is 9.97 Å². The average Bonchev–Trinajstić information content (AvgIpc) is 3.16. The number of aryl methyl sites for hydroxylation is 2. The summed E-state index contributed by atoms with van der Waals surface area (Å²) in [6, 6.07) is 14.1. The molecular formula is C26H30Cl2N4O. The summed E-state index contributed by atoms with van der Waals surface area (Å²) in [5.41, 5.74) is 6.06. The number of nitrogens with zero attached hydrogens (tertiary/aromatic N) is 2. The fourth-order valence-electron chi connectivity index (χ4n) is 4.35. The summed E-state index contributed by atoms with van der Waals surface area (Å²) in [6.07, 6.45) is 2.41. The number of hydrogen-bond donors (Lipinski definition) is 2. The summed E-state index contributed by atoms with van der Waals surface area (Å²) in [6.45, 7) is 5.66. The van der Waals surface area contributed by atoms with Crippen molar-refractivity contribution in [1.29, 1.82) is 0 Å². The van der Waals surface area contributed by atoms with Gasteiger partial charge >= 0.3 is 0 Å². The quantitative estimate of drug-likeness (QED) is 0.370. The Morgan fingerprint density at radius 1 is 1.03 bits per heavy atom. The van der Waals surface area contributed by atoms with Crippen molar-refractivity contribution in [3.63, 3.8) is 0 Å². The molecule has 0 saturated carbocycles. The van der Waals surface area contributed by atoms with Crippen LogP contribution in [-0.2, 0) is 24.0 Å². The Morgan fingerprint density at radius 2 is 1.82 bits per heavy atom. The van der Waals surface area contributed by atoms with Crippen molar-refractivity contribution >= 4 is 29.0 Å². The molecule has 0 radical (unpaired) electrons. The smallest absolute Gasteiger partial charge is 0.148 e. The van der Waals surface area contributed by atoms with Gasteiger partial charge in [-0.1, -0.05) is 61.3 Å². The van der Waals surface area contributed by atoms with Crippen molar-refractivity contribution in [2.24, 2.45) is 0 Å². The molecule has 2 N–H and O–H groups in total. The van der Waals surface area contributed by atoms with Crippen LogP contribution in [0.4, 0.5) is 5.82 Å². The number of hydrogen-bond acceptors (Lipinski definition) is 5. The van der Waals surface area contributed by atoms with E-state index in [1.165, 1.54) is 11.1 Å². The minimum absolute atomic E-state index is 0.0207. The number of rotatable bonds is 9. The zero-order valence-corrected chi connectivity index (χ0v) is 20.8. The molecule has 1 heterocycles. The number of likely N-dealkylation sites (N-methyl/N-ethyl adjacent to an activating group) is 1. The van der Waals surface area contributed by atoms with Crippen LogP contribution in [0.5, 0.6) is 0 Å².